The van der Waals surface area contributed by atoms with Crippen molar-refractivity contribution in [1.29, 1.82) is 0 Å². The molecule has 1 aliphatic rings. The number of anilines is 1. The molecule has 0 bridgehead atoms. The normalized spacial score (nSPS) is 14.5. The summed E-state index contributed by atoms with van der Waals surface area (Å²) >= 11 is 7.41. The van der Waals surface area contributed by atoms with Gasteiger partial charge in [-0.25, -0.2) is 0 Å². The highest BCUT2D eigenvalue weighted by Gasteiger charge is 2.28. The molecule has 0 unspecified atom stereocenters. The van der Waals surface area contributed by atoms with E-state index in [0.29, 0.717) is 24.0 Å². The monoisotopic (exact) mass is 309 g/mol. The van der Waals surface area contributed by atoms with Crippen LogP contribution in [0.5, 0.6) is 0 Å². The van der Waals surface area contributed by atoms with Gasteiger partial charge < -0.3 is 15.2 Å². The first-order chi connectivity index (χ1) is 9.54. The minimum absolute atomic E-state index is 0.00174. The largest absolute Gasteiger partial charge is 0.397 e. The van der Waals surface area contributed by atoms with Crippen molar-refractivity contribution in [1.82, 2.24) is 9.47 Å². The molecule has 0 radical (unpaired) electrons. The number of amides is 1. The first-order valence-electron chi connectivity index (χ1n) is 6.51. The predicted molar refractivity (Wildman–Crippen MR) is 82.2 cm³/mol. The average molecular weight is 310 g/mol. The summed E-state index contributed by atoms with van der Waals surface area (Å²) in [6, 6.07) is 6.00. The van der Waals surface area contributed by atoms with Crippen molar-refractivity contribution in [2.45, 2.75) is 25.4 Å². The van der Waals surface area contributed by atoms with Gasteiger partial charge in [0.05, 0.1) is 16.6 Å². The number of nitrogen functional groups attached to an aromatic ring is 1. The van der Waals surface area contributed by atoms with Crippen LogP contribution in [-0.4, -0.2) is 22.4 Å². The SMILES string of the molecule is CN(Cc1ccc(Cl)s1)C(=O)c1cc(N)cn1C1CC1. The molecule has 3 rings (SSSR count). The molecule has 0 spiro atoms. The Labute approximate surface area is 126 Å². The lowest BCUT2D eigenvalue weighted by Gasteiger charge is -2.17. The second kappa shape index (κ2) is 5.14. The van der Waals surface area contributed by atoms with Gasteiger partial charge in [-0.05, 0) is 31.0 Å². The van der Waals surface area contributed by atoms with E-state index < -0.39 is 0 Å². The Bertz CT molecular complexity index is 645. The lowest BCUT2D eigenvalue weighted by atomic mass is 10.3. The molecule has 0 saturated heterocycles. The number of hydrogen-bond donors (Lipinski definition) is 1. The summed E-state index contributed by atoms with van der Waals surface area (Å²) in [6.07, 6.45) is 4.11. The smallest absolute Gasteiger partial charge is 0.270 e. The third kappa shape index (κ3) is 2.69. The van der Waals surface area contributed by atoms with Crippen LogP contribution in [0.2, 0.25) is 4.34 Å². The molecule has 6 heteroatoms. The molecule has 1 fully saturated rings. The summed E-state index contributed by atoms with van der Waals surface area (Å²) in [7, 11) is 1.80. The number of nitrogens with zero attached hydrogens (tertiary/aromatic N) is 2. The lowest BCUT2D eigenvalue weighted by Crippen LogP contribution is -2.27. The van der Waals surface area contributed by atoms with E-state index in [1.165, 1.54) is 11.3 Å². The molecule has 2 heterocycles. The maximum Gasteiger partial charge on any atom is 0.270 e. The zero-order chi connectivity index (χ0) is 14.3. The van der Waals surface area contributed by atoms with Gasteiger partial charge in [0.15, 0.2) is 0 Å². The molecule has 20 heavy (non-hydrogen) atoms. The van der Waals surface area contributed by atoms with E-state index in [0.717, 1.165) is 22.1 Å². The second-order valence-electron chi connectivity index (χ2n) is 5.16. The van der Waals surface area contributed by atoms with Crippen LogP contribution in [0.15, 0.2) is 24.4 Å². The van der Waals surface area contributed by atoms with Crippen LogP contribution in [0, 0.1) is 0 Å². The first kappa shape index (κ1) is 13.5. The van der Waals surface area contributed by atoms with Crippen LogP contribution in [0.25, 0.3) is 0 Å². The third-order valence-corrected chi connectivity index (χ3v) is 4.61. The van der Waals surface area contributed by atoms with Gasteiger partial charge in [0.2, 0.25) is 0 Å². The Morgan fingerprint density at radius 3 is 2.90 bits per heavy atom. The van der Waals surface area contributed by atoms with E-state index in [2.05, 4.69) is 0 Å². The molecule has 0 atom stereocenters. The molecule has 1 saturated carbocycles. The standard InChI is InChI=1S/C14H16ClN3OS/c1-17(8-11-4-5-13(15)20-11)14(19)12-6-9(16)7-18(12)10-2-3-10/h4-7,10H,2-3,8,16H2,1H3. The van der Waals surface area contributed by atoms with Crippen molar-refractivity contribution >= 4 is 34.5 Å². The minimum atomic E-state index is -0.00174. The number of rotatable bonds is 4. The third-order valence-electron chi connectivity index (χ3n) is 3.40. The minimum Gasteiger partial charge on any atom is -0.397 e. The average Bonchev–Trinajstić information content (AvgIpc) is 3.07. The molecule has 2 N–H and O–H groups in total. The predicted octanol–water partition coefficient (Wildman–Crippen LogP) is 3.39. The highest BCUT2D eigenvalue weighted by molar-refractivity contribution is 7.16. The fraction of sp³-hybridized carbons (Fsp3) is 0.357. The van der Waals surface area contributed by atoms with Gasteiger partial charge in [0.1, 0.15) is 5.69 Å². The molecule has 2 aromatic heterocycles. The van der Waals surface area contributed by atoms with Gasteiger partial charge in [-0.15, -0.1) is 11.3 Å². The Kier molecular flexibility index (Phi) is 3.48. The number of halogens is 1. The van der Waals surface area contributed by atoms with Crippen molar-refractivity contribution in [3.8, 4) is 0 Å². The number of carbonyl (C=O) groups is 1. The van der Waals surface area contributed by atoms with Gasteiger partial charge in [-0.1, -0.05) is 11.6 Å². The number of aromatic nitrogens is 1. The van der Waals surface area contributed by atoms with Crippen LogP contribution < -0.4 is 5.73 Å². The topological polar surface area (TPSA) is 51.3 Å². The van der Waals surface area contributed by atoms with Crippen LogP contribution >= 0.6 is 22.9 Å². The molecule has 1 aliphatic carbocycles. The maximum atomic E-state index is 12.5. The van der Waals surface area contributed by atoms with Crippen LogP contribution in [0.3, 0.4) is 0 Å². The quantitative estimate of drug-likeness (QED) is 0.941. The van der Waals surface area contributed by atoms with Crippen LogP contribution in [0.1, 0.15) is 34.2 Å². The number of thiophene rings is 1. The summed E-state index contributed by atoms with van der Waals surface area (Å²) in [4.78, 5) is 15.3. The summed E-state index contributed by atoms with van der Waals surface area (Å²) in [5.41, 5.74) is 7.15. The van der Waals surface area contributed by atoms with E-state index in [9.17, 15) is 4.79 Å². The van der Waals surface area contributed by atoms with Crippen LogP contribution in [-0.2, 0) is 6.54 Å². The van der Waals surface area contributed by atoms with Crippen molar-refractivity contribution in [3.63, 3.8) is 0 Å². The highest BCUT2D eigenvalue weighted by Crippen LogP contribution is 2.37. The summed E-state index contributed by atoms with van der Waals surface area (Å²) < 4.78 is 2.75. The fourth-order valence-electron chi connectivity index (χ4n) is 2.26. The Hall–Kier alpha value is -1.46. The van der Waals surface area contributed by atoms with Gasteiger partial charge >= 0.3 is 0 Å². The van der Waals surface area contributed by atoms with Crippen molar-refractivity contribution in [3.05, 3.63) is 39.3 Å². The summed E-state index contributed by atoms with van der Waals surface area (Å²) in [5.74, 6) is -0.00174. The first-order valence-corrected chi connectivity index (χ1v) is 7.71. The van der Waals surface area contributed by atoms with E-state index in [4.69, 9.17) is 17.3 Å². The van der Waals surface area contributed by atoms with Crippen LogP contribution in [0.4, 0.5) is 5.69 Å². The van der Waals surface area contributed by atoms with Crippen molar-refractivity contribution in [2.24, 2.45) is 0 Å². The molecule has 4 nitrogen and oxygen atoms in total. The second-order valence-corrected chi connectivity index (χ2v) is 6.96. The van der Waals surface area contributed by atoms with E-state index in [1.54, 1.807) is 18.0 Å². The lowest BCUT2D eigenvalue weighted by molar-refractivity contribution is 0.0775. The number of hydrogen-bond acceptors (Lipinski definition) is 3. The Morgan fingerprint density at radius 1 is 1.55 bits per heavy atom. The number of nitrogens with two attached hydrogens (primary N) is 1. The fourth-order valence-corrected chi connectivity index (χ4v) is 3.41. The highest BCUT2D eigenvalue weighted by atomic mass is 35.5. The molecule has 1 amide bonds. The number of carbonyl (C=O) groups excluding carboxylic acids is 1. The van der Waals surface area contributed by atoms with Gasteiger partial charge in [0.25, 0.3) is 5.91 Å². The summed E-state index contributed by atoms with van der Waals surface area (Å²) in [6.45, 7) is 0.561. The Balaban J connectivity index is 1.77. The Morgan fingerprint density at radius 2 is 2.30 bits per heavy atom. The van der Waals surface area contributed by atoms with Crippen molar-refractivity contribution in [2.75, 3.05) is 12.8 Å². The van der Waals surface area contributed by atoms with Gasteiger partial charge in [-0.2, -0.15) is 0 Å². The zero-order valence-corrected chi connectivity index (χ0v) is 12.7. The van der Waals surface area contributed by atoms with E-state index in [1.807, 2.05) is 22.9 Å². The molecule has 0 aliphatic heterocycles. The van der Waals surface area contributed by atoms with Crippen molar-refractivity contribution < 1.29 is 4.79 Å². The molecular weight excluding hydrogens is 294 g/mol. The molecule has 0 aromatic carbocycles. The molecule has 2 aromatic rings. The zero-order valence-electron chi connectivity index (χ0n) is 11.2. The van der Waals surface area contributed by atoms with E-state index >= 15 is 0 Å². The molecular formula is C14H16ClN3OS. The summed E-state index contributed by atoms with van der Waals surface area (Å²) in [5, 5.41) is 0. The van der Waals surface area contributed by atoms with E-state index in [-0.39, 0.29) is 5.91 Å². The van der Waals surface area contributed by atoms with Gasteiger partial charge in [-0.3, -0.25) is 4.79 Å². The van der Waals surface area contributed by atoms with Gasteiger partial charge in [0, 0.05) is 24.2 Å². The maximum absolute atomic E-state index is 12.5. The molecule has 106 valence electrons.